The average Bonchev–Trinajstić information content (AvgIpc) is 2.04. The maximum atomic E-state index is 11.3. The van der Waals surface area contributed by atoms with Gasteiger partial charge in [0.1, 0.15) is 0 Å². The van der Waals surface area contributed by atoms with Crippen LogP contribution in [-0.2, 0) is 4.79 Å². The van der Waals surface area contributed by atoms with Crippen molar-refractivity contribution in [2.45, 2.75) is 19.5 Å². The molecule has 13 heavy (non-hydrogen) atoms. The topological polar surface area (TPSA) is 75.4 Å². The van der Waals surface area contributed by atoms with Crippen LogP contribution in [0.2, 0.25) is 0 Å². The quantitative estimate of drug-likeness (QED) is 0.622. The lowest BCUT2D eigenvalue weighted by molar-refractivity contribution is -0.121. The van der Waals surface area contributed by atoms with Crippen molar-refractivity contribution in [1.29, 1.82) is 0 Å². The summed E-state index contributed by atoms with van der Waals surface area (Å²) in [6, 6.07) is -0.345. The van der Waals surface area contributed by atoms with Crippen molar-refractivity contribution < 1.29 is 9.59 Å². The molecule has 0 saturated carbocycles. The molecule has 0 spiro atoms. The Balaban J connectivity index is 2.89. The lowest BCUT2D eigenvalue weighted by Crippen LogP contribution is -2.63. The number of amides is 2. The summed E-state index contributed by atoms with van der Waals surface area (Å²) in [7, 11) is 0. The molecule has 0 radical (unpaired) electrons. The molecule has 0 aliphatic carbocycles. The lowest BCUT2D eigenvalue weighted by atomic mass is 10.1. The number of carbonyl (C=O) groups excluding carboxylic acids is 2. The third-order valence-corrected chi connectivity index (χ3v) is 2.02. The van der Waals surface area contributed by atoms with Gasteiger partial charge in [-0.2, -0.15) is 0 Å². The molecular formula is C8H13N3O2. The first kappa shape index (κ1) is 9.73. The third kappa shape index (κ3) is 1.70. The Hall–Kier alpha value is -1.36. The van der Waals surface area contributed by atoms with Gasteiger partial charge in [0.15, 0.2) is 11.4 Å². The molecule has 72 valence electrons. The van der Waals surface area contributed by atoms with Crippen LogP contribution in [-0.4, -0.2) is 28.9 Å². The van der Waals surface area contributed by atoms with Crippen LogP contribution in [0.1, 0.15) is 13.8 Å². The second-order valence-corrected chi connectivity index (χ2v) is 2.96. The van der Waals surface area contributed by atoms with Gasteiger partial charge in [0.05, 0.1) is 0 Å². The normalized spacial score (nSPS) is 27.3. The SMILES string of the molecule is CCN1C=CC(N)(C(C)=O)NC1=O. The fourth-order valence-electron chi connectivity index (χ4n) is 1.02. The van der Waals surface area contributed by atoms with Crippen molar-refractivity contribution in [2.24, 2.45) is 5.73 Å². The van der Waals surface area contributed by atoms with E-state index in [0.29, 0.717) is 6.54 Å². The molecule has 1 heterocycles. The Bertz CT molecular complexity index is 275. The minimum absolute atomic E-state index is 0.284. The molecule has 5 nitrogen and oxygen atoms in total. The van der Waals surface area contributed by atoms with Gasteiger partial charge in [0.25, 0.3) is 0 Å². The maximum absolute atomic E-state index is 11.3. The van der Waals surface area contributed by atoms with Crippen LogP contribution in [0.3, 0.4) is 0 Å². The Kier molecular flexibility index (Phi) is 2.38. The average molecular weight is 183 g/mol. The van der Waals surface area contributed by atoms with Gasteiger partial charge in [0.2, 0.25) is 0 Å². The summed E-state index contributed by atoms with van der Waals surface area (Å²) in [6.07, 6.45) is 3.01. The van der Waals surface area contributed by atoms with Crippen molar-refractivity contribution in [2.75, 3.05) is 6.54 Å². The van der Waals surface area contributed by atoms with Gasteiger partial charge in [-0.15, -0.1) is 0 Å². The molecule has 1 unspecified atom stereocenters. The van der Waals surface area contributed by atoms with Gasteiger partial charge in [-0.3, -0.25) is 10.5 Å². The molecule has 1 atom stereocenters. The highest BCUT2D eigenvalue weighted by Gasteiger charge is 2.34. The van der Waals surface area contributed by atoms with Gasteiger partial charge in [-0.1, -0.05) is 0 Å². The Morgan fingerprint density at radius 2 is 2.38 bits per heavy atom. The summed E-state index contributed by atoms with van der Waals surface area (Å²) in [4.78, 5) is 23.8. The monoisotopic (exact) mass is 183 g/mol. The second-order valence-electron chi connectivity index (χ2n) is 2.96. The van der Waals surface area contributed by atoms with Gasteiger partial charge in [0, 0.05) is 12.7 Å². The predicted octanol–water partition coefficient (Wildman–Crippen LogP) is -0.211. The summed E-state index contributed by atoms with van der Waals surface area (Å²) >= 11 is 0. The second kappa shape index (κ2) is 3.18. The first-order chi connectivity index (χ1) is 5.99. The van der Waals surface area contributed by atoms with E-state index in [0.717, 1.165) is 0 Å². The molecule has 0 aromatic carbocycles. The van der Waals surface area contributed by atoms with E-state index in [-0.39, 0.29) is 11.8 Å². The van der Waals surface area contributed by atoms with E-state index in [9.17, 15) is 9.59 Å². The molecule has 0 fully saturated rings. The number of rotatable bonds is 2. The number of nitrogens with one attached hydrogen (secondary N) is 1. The number of carbonyl (C=O) groups is 2. The Labute approximate surface area is 76.6 Å². The summed E-state index contributed by atoms with van der Waals surface area (Å²) < 4.78 is 0. The van der Waals surface area contributed by atoms with E-state index >= 15 is 0 Å². The molecule has 1 rings (SSSR count). The van der Waals surface area contributed by atoms with Crippen molar-refractivity contribution in [3.05, 3.63) is 12.3 Å². The number of hydrogen-bond acceptors (Lipinski definition) is 3. The van der Waals surface area contributed by atoms with E-state index in [1.807, 2.05) is 6.92 Å². The number of hydrogen-bond donors (Lipinski definition) is 2. The minimum atomic E-state index is -1.33. The molecule has 0 aromatic heterocycles. The van der Waals surface area contributed by atoms with Gasteiger partial charge in [-0.25, -0.2) is 4.79 Å². The van der Waals surface area contributed by atoms with Gasteiger partial charge < -0.3 is 10.2 Å². The maximum Gasteiger partial charge on any atom is 0.323 e. The molecule has 3 N–H and O–H groups in total. The number of Topliss-reactive ketones (excluding diaryl/α,β-unsaturated/α-hetero) is 1. The van der Waals surface area contributed by atoms with Crippen molar-refractivity contribution >= 4 is 11.8 Å². The number of urea groups is 1. The first-order valence-electron chi connectivity index (χ1n) is 4.07. The van der Waals surface area contributed by atoms with Gasteiger partial charge >= 0.3 is 6.03 Å². The highest BCUT2D eigenvalue weighted by molar-refractivity contribution is 5.93. The zero-order valence-electron chi connectivity index (χ0n) is 7.70. The smallest absolute Gasteiger partial charge is 0.310 e. The summed E-state index contributed by atoms with van der Waals surface area (Å²) in [6.45, 7) is 3.73. The van der Waals surface area contributed by atoms with Crippen molar-refractivity contribution in [3.63, 3.8) is 0 Å². The van der Waals surface area contributed by atoms with Crippen LogP contribution in [0.15, 0.2) is 12.3 Å². The van der Waals surface area contributed by atoms with Crippen LogP contribution in [0.4, 0.5) is 4.79 Å². The molecule has 0 aromatic rings. The minimum Gasteiger partial charge on any atom is -0.310 e. The fourth-order valence-corrected chi connectivity index (χ4v) is 1.02. The van der Waals surface area contributed by atoms with Crippen molar-refractivity contribution in [3.8, 4) is 0 Å². The Morgan fingerprint density at radius 1 is 1.77 bits per heavy atom. The third-order valence-electron chi connectivity index (χ3n) is 2.02. The van der Waals surface area contributed by atoms with Crippen LogP contribution < -0.4 is 11.1 Å². The molecule has 0 bridgehead atoms. The molecular weight excluding hydrogens is 170 g/mol. The van der Waals surface area contributed by atoms with Gasteiger partial charge in [-0.05, 0) is 19.9 Å². The summed E-state index contributed by atoms with van der Waals surface area (Å²) in [5.41, 5.74) is 4.28. The molecule has 0 saturated heterocycles. The number of nitrogens with two attached hydrogens (primary N) is 1. The molecule has 5 heteroatoms. The van der Waals surface area contributed by atoms with E-state index in [1.54, 1.807) is 0 Å². The molecule has 1 aliphatic heterocycles. The van der Waals surface area contributed by atoms with Crippen LogP contribution >= 0.6 is 0 Å². The van der Waals surface area contributed by atoms with Crippen LogP contribution in [0.25, 0.3) is 0 Å². The highest BCUT2D eigenvalue weighted by atomic mass is 16.2. The van der Waals surface area contributed by atoms with Crippen molar-refractivity contribution in [1.82, 2.24) is 10.2 Å². The number of ketones is 1. The highest BCUT2D eigenvalue weighted by Crippen LogP contribution is 2.08. The largest absolute Gasteiger partial charge is 0.323 e. The van der Waals surface area contributed by atoms with E-state index < -0.39 is 5.66 Å². The van der Waals surface area contributed by atoms with E-state index in [4.69, 9.17) is 5.73 Å². The summed E-state index contributed by atoms with van der Waals surface area (Å²) in [5.74, 6) is -0.284. The summed E-state index contributed by atoms with van der Waals surface area (Å²) in [5, 5.41) is 2.42. The zero-order valence-corrected chi connectivity index (χ0v) is 7.70. The standard InChI is InChI=1S/C8H13N3O2/c1-3-11-5-4-8(9,6(2)12)10-7(11)13/h4-5H,3,9H2,1-2H3,(H,10,13). The zero-order chi connectivity index (χ0) is 10.1. The fraction of sp³-hybridized carbons (Fsp3) is 0.500. The first-order valence-corrected chi connectivity index (χ1v) is 4.07. The van der Waals surface area contributed by atoms with Crippen LogP contribution in [0.5, 0.6) is 0 Å². The molecule has 1 aliphatic rings. The predicted molar refractivity (Wildman–Crippen MR) is 47.7 cm³/mol. The molecule has 2 amide bonds. The van der Waals surface area contributed by atoms with E-state index in [2.05, 4.69) is 5.32 Å². The van der Waals surface area contributed by atoms with Crippen LogP contribution in [0, 0.1) is 0 Å². The lowest BCUT2D eigenvalue weighted by Gasteiger charge is -2.32. The number of nitrogens with zero attached hydrogens (tertiary/aromatic N) is 1. The Morgan fingerprint density at radius 3 is 2.77 bits per heavy atom. The van der Waals surface area contributed by atoms with E-state index in [1.165, 1.54) is 24.1 Å².